The molecule has 0 amide bonds. The van der Waals surface area contributed by atoms with Gasteiger partial charge in [0.2, 0.25) is 0 Å². The Balaban J connectivity index is 2.74. The van der Waals surface area contributed by atoms with E-state index in [0.29, 0.717) is 5.76 Å². The lowest BCUT2D eigenvalue weighted by Gasteiger charge is -1.90. The Labute approximate surface area is 70.4 Å². The molecule has 62 valence electrons. The third-order valence-corrected chi connectivity index (χ3v) is 1.99. The van der Waals surface area contributed by atoms with Gasteiger partial charge in [0.05, 0.1) is 0 Å². The number of aryl methyl sites for hydroxylation is 1. The number of hydrogen-bond donors (Lipinski definition) is 1. The lowest BCUT2D eigenvalue weighted by molar-refractivity contribution is 0.251. The van der Waals surface area contributed by atoms with Crippen LogP contribution >= 0.6 is 0 Å². The molecule has 0 unspecified atom stereocenters. The summed E-state index contributed by atoms with van der Waals surface area (Å²) in [6, 6.07) is 7.76. The first-order valence-corrected chi connectivity index (χ1v) is 3.90. The molecular formula is C10H10O2. The summed E-state index contributed by atoms with van der Waals surface area (Å²) in [5.74, 6) is 0.624. The van der Waals surface area contributed by atoms with Crippen LogP contribution in [0.15, 0.2) is 28.7 Å². The third-order valence-electron chi connectivity index (χ3n) is 1.99. The molecule has 0 atom stereocenters. The highest BCUT2D eigenvalue weighted by molar-refractivity contribution is 5.81. The first-order chi connectivity index (χ1) is 5.81. The summed E-state index contributed by atoms with van der Waals surface area (Å²) in [7, 11) is 0. The second-order valence-corrected chi connectivity index (χ2v) is 2.86. The lowest BCUT2D eigenvalue weighted by atomic mass is 10.1. The Morgan fingerprint density at radius 2 is 2.25 bits per heavy atom. The fraction of sp³-hybridized carbons (Fsp3) is 0.200. The van der Waals surface area contributed by atoms with Gasteiger partial charge < -0.3 is 9.52 Å². The Hall–Kier alpha value is -1.28. The number of furan rings is 1. The van der Waals surface area contributed by atoms with Gasteiger partial charge in [-0.2, -0.15) is 0 Å². The Kier molecular flexibility index (Phi) is 1.62. The number of aliphatic hydroxyl groups is 1. The fourth-order valence-corrected chi connectivity index (χ4v) is 1.34. The van der Waals surface area contributed by atoms with Crippen LogP contribution in [-0.4, -0.2) is 5.11 Å². The highest BCUT2D eigenvalue weighted by Gasteiger charge is 2.03. The SMILES string of the molecule is Cc1cccc2oc(CO)cc12. The standard InChI is InChI=1S/C10H10O2/c1-7-3-2-4-10-9(7)5-8(6-11)12-10/h2-5,11H,6H2,1H3. The molecule has 0 bridgehead atoms. The molecule has 0 aliphatic rings. The van der Waals surface area contributed by atoms with E-state index in [0.717, 1.165) is 11.0 Å². The predicted molar refractivity (Wildman–Crippen MR) is 46.9 cm³/mol. The van der Waals surface area contributed by atoms with Crippen LogP contribution in [0, 0.1) is 6.92 Å². The van der Waals surface area contributed by atoms with Gasteiger partial charge in [-0.1, -0.05) is 12.1 Å². The normalized spacial score (nSPS) is 10.8. The smallest absolute Gasteiger partial charge is 0.134 e. The van der Waals surface area contributed by atoms with Gasteiger partial charge in [0, 0.05) is 5.39 Å². The molecule has 0 saturated heterocycles. The van der Waals surface area contributed by atoms with Gasteiger partial charge in [-0.05, 0) is 24.6 Å². The molecule has 1 heterocycles. The Bertz CT molecular complexity index is 401. The van der Waals surface area contributed by atoms with Gasteiger partial charge in [-0.25, -0.2) is 0 Å². The van der Waals surface area contributed by atoms with Crippen molar-refractivity contribution in [3.05, 3.63) is 35.6 Å². The molecule has 1 N–H and O–H groups in total. The summed E-state index contributed by atoms with van der Waals surface area (Å²) in [5.41, 5.74) is 2.02. The Morgan fingerprint density at radius 1 is 1.42 bits per heavy atom. The summed E-state index contributed by atoms with van der Waals surface area (Å²) in [6.07, 6.45) is 0. The molecule has 12 heavy (non-hydrogen) atoms. The van der Waals surface area contributed by atoms with Crippen LogP contribution in [0.2, 0.25) is 0 Å². The molecule has 2 aromatic rings. The van der Waals surface area contributed by atoms with Crippen LogP contribution in [0.4, 0.5) is 0 Å². The van der Waals surface area contributed by atoms with Crippen molar-refractivity contribution in [1.82, 2.24) is 0 Å². The highest BCUT2D eigenvalue weighted by Crippen LogP contribution is 2.22. The minimum atomic E-state index is -0.0336. The molecule has 2 nitrogen and oxygen atoms in total. The fourth-order valence-electron chi connectivity index (χ4n) is 1.34. The molecular weight excluding hydrogens is 152 g/mol. The van der Waals surface area contributed by atoms with Gasteiger partial charge in [0.15, 0.2) is 0 Å². The monoisotopic (exact) mass is 162 g/mol. The molecule has 1 aromatic heterocycles. The minimum Gasteiger partial charge on any atom is -0.459 e. The molecule has 0 spiro atoms. The van der Waals surface area contributed by atoms with E-state index in [2.05, 4.69) is 0 Å². The zero-order valence-electron chi connectivity index (χ0n) is 6.87. The zero-order valence-corrected chi connectivity index (χ0v) is 6.87. The molecule has 2 heteroatoms. The van der Waals surface area contributed by atoms with E-state index in [4.69, 9.17) is 9.52 Å². The van der Waals surface area contributed by atoms with Crippen LogP contribution in [0.3, 0.4) is 0 Å². The molecule has 0 aliphatic heterocycles. The van der Waals surface area contributed by atoms with Gasteiger partial charge in [0.25, 0.3) is 0 Å². The summed E-state index contributed by atoms with van der Waals surface area (Å²) < 4.78 is 5.35. The topological polar surface area (TPSA) is 33.4 Å². The maximum atomic E-state index is 8.84. The summed E-state index contributed by atoms with van der Waals surface area (Å²) in [5, 5.41) is 9.92. The van der Waals surface area contributed by atoms with Gasteiger partial charge >= 0.3 is 0 Å². The van der Waals surface area contributed by atoms with E-state index in [1.54, 1.807) is 0 Å². The number of benzene rings is 1. The first kappa shape index (κ1) is 7.37. The first-order valence-electron chi connectivity index (χ1n) is 3.90. The van der Waals surface area contributed by atoms with Crippen molar-refractivity contribution in [3.63, 3.8) is 0 Å². The maximum Gasteiger partial charge on any atom is 0.134 e. The van der Waals surface area contributed by atoms with Crippen molar-refractivity contribution in [2.75, 3.05) is 0 Å². The molecule has 0 aliphatic carbocycles. The molecule has 0 radical (unpaired) electrons. The van der Waals surface area contributed by atoms with Crippen molar-refractivity contribution in [3.8, 4) is 0 Å². The third kappa shape index (κ3) is 1.01. The number of rotatable bonds is 1. The molecule has 1 aromatic carbocycles. The van der Waals surface area contributed by atoms with Gasteiger partial charge in [-0.15, -0.1) is 0 Å². The van der Waals surface area contributed by atoms with E-state index in [-0.39, 0.29) is 6.61 Å². The van der Waals surface area contributed by atoms with E-state index in [1.165, 1.54) is 5.56 Å². The quantitative estimate of drug-likeness (QED) is 0.697. The van der Waals surface area contributed by atoms with Crippen LogP contribution < -0.4 is 0 Å². The van der Waals surface area contributed by atoms with Crippen LogP contribution in [0.5, 0.6) is 0 Å². The summed E-state index contributed by atoms with van der Waals surface area (Å²) in [4.78, 5) is 0. The van der Waals surface area contributed by atoms with E-state index in [1.807, 2.05) is 31.2 Å². The number of aliphatic hydroxyl groups excluding tert-OH is 1. The van der Waals surface area contributed by atoms with Crippen molar-refractivity contribution in [2.45, 2.75) is 13.5 Å². The predicted octanol–water partition coefficient (Wildman–Crippen LogP) is 2.23. The van der Waals surface area contributed by atoms with Crippen molar-refractivity contribution in [1.29, 1.82) is 0 Å². The number of fused-ring (bicyclic) bond motifs is 1. The van der Waals surface area contributed by atoms with Crippen LogP contribution in [-0.2, 0) is 6.61 Å². The van der Waals surface area contributed by atoms with E-state index < -0.39 is 0 Å². The molecule has 0 fully saturated rings. The average Bonchev–Trinajstić information content (AvgIpc) is 2.49. The maximum absolute atomic E-state index is 8.84. The number of hydrogen-bond acceptors (Lipinski definition) is 2. The van der Waals surface area contributed by atoms with Gasteiger partial charge in [0.1, 0.15) is 18.0 Å². The molecule has 2 rings (SSSR count). The van der Waals surface area contributed by atoms with Crippen molar-refractivity contribution in [2.24, 2.45) is 0 Å². The minimum absolute atomic E-state index is 0.0336. The van der Waals surface area contributed by atoms with E-state index >= 15 is 0 Å². The van der Waals surface area contributed by atoms with Gasteiger partial charge in [-0.3, -0.25) is 0 Å². The zero-order chi connectivity index (χ0) is 8.55. The Morgan fingerprint density at radius 3 is 2.92 bits per heavy atom. The average molecular weight is 162 g/mol. The van der Waals surface area contributed by atoms with Crippen LogP contribution in [0.1, 0.15) is 11.3 Å². The van der Waals surface area contributed by atoms with Crippen molar-refractivity contribution >= 4 is 11.0 Å². The lowest BCUT2D eigenvalue weighted by Crippen LogP contribution is -1.73. The van der Waals surface area contributed by atoms with Crippen LogP contribution in [0.25, 0.3) is 11.0 Å². The molecule has 0 saturated carbocycles. The van der Waals surface area contributed by atoms with Crippen molar-refractivity contribution < 1.29 is 9.52 Å². The largest absolute Gasteiger partial charge is 0.459 e. The summed E-state index contributed by atoms with van der Waals surface area (Å²) in [6.45, 7) is 1.99. The summed E-state index contributed by atoms with van der Waals surface area (Å²) >= 11 is 0. The second kappa shape index (κ2) is 2.64. The highest BCUT2D eigenvalue weighted by atomic mass is 16.4. The second-order valence-electron chi connectivity index (χ2n) is 2.86. The van der Waals surface area contributed by atoms with E-state index in [9.17, 15) is 0 Å².